The first kappa shape index (κ1) is 31.4. The van der Waals surface area contributed by atoms with Gasteiger partial charge in [-0.3, -0.25) is 9.59 Å². The van der Waals surface area contributed by atoms with Crippen molar-refractivity contribution < 1.29 is 17.8 Å². The number of nitrogens with one attached hydrogen (secondary N) is 1. The summed E-state index contributed by atoms with van der Waals surface area (Å²) in [6.45, 7) is 8.83. The topological polar surface area (TPSA) is 108 Å². The Morgan fingerprint density at radius 1 is 1.10 bits per heavy atom. The van der Waals surface area contributed by atoms with E-state index in [9.17, 15) is 22.6 Å². The van der Waals surface area contributed by atoms with Crippen molar-refractivity contribution in [2.45, 2.75) is 51.2 Å². The Morgan fingerprint density at radius 3 is 2.28 bits per heavy atom. The van der Waals surface area contributed by atoms with Gasteiger partial charge in [0.05, 0.1) is 27.4 Å². The number of aryl methyl sites for hydroxylation is 1. The summed E-state index contributed by atoms with van der Waals surface area (Å²) in [7, 11) is -1.80. The molecule has 0 bridgehead atoms. The Morgan fingerprint density at radius 2 is 1.72 bits per heavy atom. The summed E-state index contributed by atoms with van der Waals surface area (Å²) >= 11 is 11.3. The maximum Gasteiger partial charge on any atom is 0.250 e. The monoisotopic (exact) mass is 610 g/mol. The van der Waals surface area contributed by atoms with Gasteiger partial charge in [0, 0.05) is 47.6 Å². The lowest BCUT2D eigenvalue weighted by molar-refractivity contribution is 0.103. The molecule has 210 valence electrons. The van der Waals surface area contributed by atoms with E-state index in [0.717, 1.165) is 0 Å². The molecule has 1 N–H and O–H groups in total. The molecule has 0 aliphatic rings. The van der Waals surface area contributed by atoms with Crippen molar-refractivity contribution in [2.75, 3.05) is 5.75 Å². The van der Waals surface area contributed by atoms with Crippen molar-refractivity contribution in [2.24, 2.45) is 7.05 Å². The van der Waals surface area contributed by atoms with Gasteiger partial charge >= 0.3 is 0 Å². The van der Waals surface area contributed by atoms with Crippen molar-refractivity contribution in [1.82, 2.24) is 9.29 Å². The lowest BCUT2D eigenvalue weighted by atomic mass is 9.89. The van der Waals surface area contributed by atoms with E-state index in [2.05, 4.69) is 4.72 Å². The van der Waals surface area contributed by atoms with Crippen molar-refractivity contribution in [3.8, 4) is 11.1 Å². The van der Waals surface area contributed by atoms with Gasteiger partial charge in [0.25, 0.3) is 5.56 Å². The van der Waals surface area contributed by atoms with E-state index in [-0.39, 0.29) is 38.2 Å². The van der Waals surface area contributed by atoms with Crippen LogP contribution in [0, 0.1) is 0 Å². The fourth-order valence-corrected chi connectivity index (χ4v) is 6.20. The van der Waals surface area contributed by atoms with Crippen LogP contribution in [0.25, 0.3) is 11.1 Å². The molecular formula is C28H32Cl2N2O5S2. The maximum absolute atomic E-state index is 13.9. The number of aromatic nitrogens is 1. The number of sulfone groups is 1. The number of hydrogen-bond acceptors (Lipinski definition) is 6. The molecule has 2 atom stereocenters. The Kier molecular flexibility index (Phi) is 9.79. The highest BCUT2D eigenvalue weighted by atomic mass is 35.5. The Hall–Kier alpha value is -2.14. The SMILES string of the molecule is CCS(=O)(=O)Cc1ccc(C(=O)c2c(Cl)cccc2Cl)c(-c2cn(C)c(=O)cc2[C@H](C)N[S+]([O-])C(C)(C)C)c1. The van der Waals surface area contributed by atoms with E-state index >= 15 is 0 Å². The zero-order valence-electron chi connectivity index (χ0n) is 22.7. The fourth-order valence-electron chi connectivity index (χ4n) is 3.94. The summed E-state index contributed by atoms with van der Waals surface area (Å²) in [6, 6.07) is 10.4. The molecule has 1 unspecified atom stereocenters. The van der Waals surface area contributed by atoms with Crippen LogP contribution >= 0.6 is 23.2 Å². The normalized spacial score (nSPS) is 13.8. The number of pyridine rings is 1. The number of carbonyl (C=O) groups is 1. The number of carbonyl (C=O) groups excluding carboxylic acids is 1. The minimum atomic E-state index is -3.38. The first-order chi connectivity index (χ1) is 18.1. The lowest BCUT2D eigenvalue weighted by Crippen LogP contribution is -2.41. The van der Waals surface area contributed by atoms with Crippen LogP contribution in [0.2, 0.25) is 10.0 Å². The van der Waals surface area contributed by atoms with E-state index in [1.54, 1.807) is 63.5 Å². The second-order valence-electron chi connectivity index (χ2n) is 10.3. The number of ketones is 1. The molecular weight excluding hydrogens is 579 g/mol. The summed E-state index contributed by atoms with van der Waals surface area (Å²) in [5.41, 5.74) is 1.94. The van der Waals surface area contributed by atoms with Crippen LogP contribution in [-0.4, -0.2) is 33.8 Å². The van der Waals surface area contributed by atoms with Gasteiger partial charge in [0.1, 0.15) is 4.75 Å². The van der Waals surface area contributed by atoms with Crippen LogP contribution in [0.1, 0.15) is 67.7 Å². The Balaban J connectivity index is 2.31. The highest BCUT2D eigenvalue weighted by Gasteiger charge is 2.30. The Bertz CT molecular complexity index is 1540. The van der Waals surface area contributed by atoms with Crippen LogP contribution < -0.4 is 10.3 Å². The molecule has 1 aromatic heterocycles. The average Bonchev–Trinajstić information content (AvgIpc) is 2.84. The largest absolute Gasteiger partial charge is 0.598 e. The van der Waals surface area contributed by atoms with Gasteiger partial charge in [-0.15, -0.1) is 4.72 Å². The third-order valence-corrected chi connectivity index (χ3v) is 10.2. The van der Waals surface area contributed by atoms with Crippen molar-refractivity contribution in [1.29, 1.82) is 0 Å². The molecule has 0 amide bonds. The van der Waals surface area contributed by atoms with Gasteiger partial charge in [0.15, 0.2) is 15.6 Å². The molecule has 7 nitrogen and oxygen atoms in total. The van der Waals surface area contributed by atoms with Gasteiger partial charge in [-0.1, -0.05) is 48.3 Å². The van der Waals surface area contributed by atoms with Crippen LogP contribution in [0.5, 0.6) is 0 Å². The van der Waals surface area contributed by atoms with E-state index in [0.29, 0.717) is 22.3 Å². The van der Waals surface area contributed by atoms with E-state index in [1.807, 2.05) is 20.8 Å². The zero-order valence-corrected chi connectivity index (χ0v) is 25.8. The van der Waals surface area contributed by atoms with Crippen molar-refractivity contribution in [3.63, 3.8) is 0 Å². The Labute approximate surface area is 242 Å². The molecule has 0 radical (unpaired) electrons. The molecule has 39 heavy (non-hydrogen) atoms. The standard InChI is InChI=1S/C28H32Cl2N2O5S2/c1-7-39(36,37)16-18-11-12-19(27(34)26-23(29)9-8-10-24(26)30)21(13-18)22-15-32(6)25(33)14-20(22)17(2)31-38(35)28(3,4)5/h8-15,17,31H,7,16H2,1-6H3/t17-,38?/m0/s1. The lowest BCUT2D eigenvalue weighted by Gasteiger charge is -2.27. The first-order valence-corrected chi connectivity index (χ1v) is 16.0. The summed E-state index contributed by atoms with van der Waals surface area (Å²) in [5, 5.41) is 0.347. The average molecular weight is 612 g/mol. The number of benzene rings is 2. The molecule has 3 aromatic rings. The van der Waals surface area contributed by atoms with Gasteiger partial charge < -0.3 is 9.12 Å². The van der Waals surface area contributed by atoms with E-state index in [1.165, 1.54) is 10.6 Å². The van der Waals surface area contributed by atoms with E-state index in [4.69, 9.17) is 23.2 Å². The third kappa shape index (κ3) is 7.34. The number of rotatable bonds is 9. The molecule has 0 saturated carbocycles. The molecule has 11 heteroatoms. The highest BCUT2D eigenvalue weighted by Crippen LogP contribution is 2.35. The number of nitrogens with zero attached hydrogens (tertiary/aromatic N) is 1. The third-order valence-electron chi connectivity index (χ3n) is 6.20. The molecule has 3 rings (SSSR count). The second kappa shape index (κ2) is 12.2. The summed E-state index contributed by atoms with van der Waals surface area (Å²) in [4.78, 5) is 26.6. The molecule has 0 spiro atoms. The minimum absolute atomic E-state index is 0.0388. The molecule has 0 aliphatic carbocycles. The molecule has 0 fully saturated rings. The highest BCUT2D eigenvalue weighted by molar-refractivity contribution is 7.91. The van der Waals surface area contributed by atoms with Gasteiger partial charge in [-0.2, -0.15) is 0 Å². The summed E-state index contributed by atoms with van der Waals surface area (Å²) in [5.74, 6) is -0.715. The predicted molar refractivity (Wildman–Crippen MR) is 160 cm³/mol. The van der Waals surface area contributed by atoms with Crippen LogP contribution in [0.3, 0.4) is 0 Å². The van der Waals surface area contributed by atoms with Crippen molar-refractivity contribution in [3.05, 3.63) is 91.3 Å². The number of halogens is 2. The summed E-state index contributed by atoms with van der Waals surface area (Å²) in [6.07, 6.45) is 1.59. The fraction of sp³-hybridized carbons (Fsp3) is 0.357. The van der Waals surface area contributed by atoms with Crippen LogP contribution in [0.4, 0.5) is 0 Å². The molecule has 0 saturated heterocycles. The molecule has 1 heterocycles. The van der Waals surface area contributed by atoms with Gasteiger partial charge in [-0.05, 0) is 62.6 Å². The second-order valence-corrected chi connectivity index (χ2v) is 15.5. The molecule has 2 aromatic carbocycles. The maximum atomic E-state index is 13.9. The molecule has 0 aliphatic heterocycles. The van der Waals surface area contributed by atoms with Crippen LogP contribution in [-0.2, 0) is 34.0 Å². The quantitative estimate of drug-likeness (QED) is 0.248. The predicted octanol–water partition coefficient (Wildman–Crippen LogP) is 5.64. The first-order valence-electron chi connectivity index (χ1n) is 12.3. The van der Waals surface area contributed by atoms with Crippen molar-refractivity contribution >= 4 is 50.2 Å². The van der Waals surface area contributed by atoms with Crippen LogP contribution in [0.15, 0.2) is 53.5 Å². The smallest absolute Gasteiger partial charge is 0.250 e. The van der Waals surface area contributed by atoms with Gasteiger partial charge in [-0.25, -0.2) is 8.42 Å². The van der Waals surface area contributed by atoms with E-state index < -0.39 is 37.8 Å². The number of hydrogen-bond donors (Lipinski definition) is 1. The van der Waals surface area contributed by atoms with Gasteiger partial charge in [0.2, 0.25) is 0 Å². The minimum Gasteiger partial charge on any atom is -0.598 e. The summed E-state index contributed by atoms with van der Waals surface area (Å²) < 4.78 is 41.6. The zero-order chi connectivity index (χ0) is 29.3.